The van der Waals surface area contributed by atoms with E-state index in [2.05, 4.69) is 40.3 Å². The molecule has 4 rings (SSSR count). The highest BCUT2D eigenvalue weighted by Gasteiger charge is 2.26. The second-order valence-electron chi connectivity index (χ2n) is 8.52. The van der Waals surface area contributed by atoms with Gasteiger partial charge in [-0.1, -0.05) is 37.2 Å². The van der Waals surface area contributed by atoms with E-state index in [1.165, 1.54) is 5.56 Å². The van der Waals surface area contributed by atoms with Gasteiger partial charge in [-0.05, 0) is 67.7 Å². The van der Waals surface area contributed by atoms with Gasteiger partial charge in [0.2, 0.25) is 17.6 Å². The number of rotatable bonds is 7. The molecule has 3 aromatic rings. The van der Waals surface area contributed by atoms with E-state index >= 15 is 0 Å². The number of benzene rings is 2. The summed E-state index contributed by atoms with van der Waals surface area (Å²) in [6, 6.07) is 15.6. The number of carbonyl (C=O) groups is 1. The Bertz CT molecular complexity index is 1040. The maximum Gasteiger partial charge on any atom is 0.241 e. The molecule has 1 N–H and O–H groups in total. The topological polar surface area (TPSA) is 80.5 Å². The first-order valence-electron chi connectivity index (χ1n) is 11.1. The number of ether oxygens (including phenoxy) is 1. The van der Waals surface area contributed by atoms with Gasteiger partial charge in [-0.2, -0.15) is 4.98 Å². The molecule has 1 aromatic heterocycles. The third-order valence-corrected chi connectivity index (χ3v) is 5.97. The molecule has 1 aliphatic rings. The summed E-state index contributed by atoms with van der Waals surface area (Å²) in [7, 11) is 1.64. The highest BCUT2D eigenvalue weighted by atomic mass is 16.5. The third kappa shape index (κ3) is 5.16. The molecule has 2 heterocycles. The zero-order valence-corrected chi connectivity index (χ0v) is 18.9. The number of likely N-dealkylation sites (tertiary alicyclic amines) is 1. The van der Waals surface area contributed by atoms with E-state index in [0.29, 0.717) is 24.2 Å². The average Bonchev–Trinajstić information content (AvgIpc) is 3.28. The molecule has 1 amide bonds. The van der Waals surface area contributed by atoms with Gasteiger partial charge in [-0.25, -0.2) is 0 Å². The van der Waals surface area contributed by atoms with Crippen LogP contribution in [0.5, 0.6) is 5.75 Å². The maximum absolute atomic E-state index is 12.8. The molecular formula is C25H30N4O3. The highest BCUT2D eigenvalue weighted by molar-refractivity contribution is 5.93. The number of carbonyl (C=O) groups excluding carboxylic acids is 1. The molecule has 2 aromatic carbocycles. The summed E-state index contributed by atoms with van der Waals surface area (Å²) in [6.45, 7) is 6.52. The SMILES string of the molecule is COc1ccc(-c2noc(CN3CCC(C(=O)Nc4ccccc4C(C)C)CC3)n2)cc1. The van der Waals surface area contributed by atoms with Gasteiger partial charge in [0, 0.05) is 17.2 Å². The summed E-state index contributed by atoms with van der Waals surface area (Å²) < 4.78 is 10.6. The van der Waals surface area contributed by atoms with Crippen molar-refractivity contribution in [3.63, 3.8) is 0 Å². The van der Waals surface area contributed by atoms with E-state index < -0.39 is 0 Å². The van der Waals surface area contributed by atoms with Crippen LogP contribution in [0.2, 0.25) is 0 Å². The lowest BCUT2D eigenvalue weighted by Crippen LogP contribution is -2.38. The molecule has 0 bridgehead atoms. The molecule has 7 nitrogen and oxygen atoms in total. The van der Waals surface area contributed by atoms with Gasteiger partial charge in [-0.3, -0.25) is 9.69 Å². The Balaban J connectivity index is 1.30. The molecule has 7 heteroatoms. The van der Waals surface area contributed by atoms with Crippen molar-refractivity contribution in [3.05, 3.63) is 60.0 Å². The van der Waals surface area contributed by atoms with E-state index in [4.69, 9.17) is 9.26 Å². The smallest absolute Gasteiger partial charge is 0.241 e. The number of hydrogen-bond donors (Lipinski definition) is 1. The third-order valence-electron chi connectivity index (χ3n) is 5.97. The van der Waals surface area contributed by atoms with Crippen molar-refractivity contribution in [1.82, 2.24) is 15.0 Å². The molecule has 0 aliphatic carbocycles. The first-order chi connectivity index (χ1) is 15.5. The van der Waals surface area contributed by atoms with Gasteiger partial charge >= 0.3 is 0 Å². The Kier molecular flexibility index (Phi) is 6.85. The van der Waals surface area contributed by atoms with Gasteiger partial charge in [0.1, 0.15) is 5.75 Å². The average molecular weight is 435 g/mol. The Hall–Kier alpha value is -3.19. The van der Waals surface area contributed by atoms with E-state index in [-0.39, 0.29) is 11.8 Å². The first kappa shape index (κ1) is 22.0. The van der Waals surface area contributed by atoms with Crippen molar-refractivity contribution in [1.29, 1.82) is 0 Å². The molecule has 32 heavy (non-hydrogen) atoms. The number of nitrogens with zero attached hydrogens (tertiary/aromatic N) is 3. The van der Waals surface area contributed by atoms with E-state index in [9.17, 15) is 4.79 Å². The summed E-state index contributed by atoms with van der Waals surface area (Å²) in [5, 5.41) is 7.25. The Morgan fingerprint density at radius 2 is 1.88 bits per heavy atom. The molecule has 0 unspecified atom stereocenters. The minimum atomic E-state index is 0.0176. The number of methoxy groups -OCH3 is 1. The van der Waals surface area contributed by atoms with Crippen molar-refractivity contribution in [2.75, 3.05) is 25.5 Å². The standard InChI is InChI=1S/C25H30N4O3/c1-17(2)21-6-4-5-7-22(21)26-25(30)19-12-14-29(15-13-19)16-23-27-24(28-32-23)18-8-10-20(31-3)11-9-18/h4-11,17,19H,12-16H2,1-3H3,(H,26,30). The van der Waals surface area contributed by atoms with Crippen molar-refractivity contribution in [2.45, 2.75) is 39.2 Å². The Morgan fingerprint density at radius 1 is 1.16 bits per heavy atom. The lowest BCUT2D eigenvalue weighted by atomic mass is 9.95. The molecule has 1 saturated heterocycles. The number of amides is 1. The quantitative estimate of drug-likeness (QED) is 0.580. The number of hydrogen-bond acceptors (Lipinski definition) is 6. The van der Waals surface area contributed by atoms with Crippen LogP contribution in [0.25, 0.3) is 11.4 Å². The van der Waals surface area contributed by atoms with Crippen molar-refractivity contribution < 1.29 is 14.1 Å². The lowest BCUT2D eigenvalue weighted by molar-refractivity contribution is -0.121. The number of aromatic nitrogens is 2. The number of piperidine rings is 1. The van der Waals surface area contributed by atoms with Crippen LogP contribution in [-0.4, -0.2) is 41.1 Å². The van der Waals surface area contributed by atoms with Crippen LogP contribution in [0.15, 0.2) is 53.1 Å². The van der Waals surface area contributed by atoms with Gasteiger partial charge in [-0.15, -0.1) is 0 Å². The Labute approximate surface area is 188 Å². The maximum atomic E-state index is 12.8. The van der Waals surface area contributed by atoms with Crippen LogP contribution in [0.4, 0.5) is 5.69 Å². The molecule has 168 valence electrons. The van der Waals surface area contributed by atoms with Crippen molar-refractivity contribution in [2.24, 2.45) is 5.92 Å². The molecular weight excluding hydrogens is 404 g/mol. The minimum Gasteiger partial charge on any atom is -0.497 e. The lowest BCUT2D eigenvalue weighted by Gasteiger charge is -2.30. The summed E-state index contributed by atoms with van der Waals surface area (Å²) >= 11 is 0. The fourth-order valence-corrected chi connectivity index (χ4v) is 4.07. The first-order valence-corrected chi connectivity index (χ1v) is 11.1. The molecule has 1 aliphatic heterocycles. The fourth-order valence-electron chi connectivity index (χ4n) is 4.07. The molecule has 1 fully saturated rings. The summed E-state index contributed by atoms with van der Waals surface area (Å²) in [5.41, 5.74) is 2.98. The number of para-hydroxylation sites is 1. The van der Waals surface area contributed by atoms with Crippen molar-refractivity contribution >= 4 is 11.6 Å². The van der Waals surface area contributed by atoms with Gasteiger partial charge in [0.05, 0.1) is 13.7 Å². The monoisotopic (exact) mass is 434 g/mol. The fraction of sp³-hybridized carbons (Fsp3) is 0.400. The predicted molar refractivity (Wildman–Crippen MR) is 123 cm³/mol. The Morgan fingerprint density at radius 3 is 2.56 bits per heavy atom. The summed E-state index contributed by atoms with van der Waals surface area (Å²) in [5.74, 6) is 2.44. The normalized spacial score (nSPS) is 15.1. The largest absolute Gasteiger partial charge is 0.497 e. The molecule has 0 saturated carbocycles. The zero-order chi connectivity index (χ0) is 22.5. The summed E-state index contributed by atoms with van der Waals surface area (Å²) in [4.78, 5) is 19.6. The van der Waals surface area contributed by atoms with Crippen LogP contribution < -0.4 is 10.1 Å². The van der Waals surface area contributed by atoms with Gasteiger partial charge < -0.3 is 14.6 Å². The molecule has 0 radical (unpaired) electrons. The predicted octanol–water partition coefficient (Wildman–Crippen LogP) is 4.72. The second kappa shape index (κ2) is 9.96. The summed E-state index contributed by atoms with van der Waals surface area (Å²) in [6.07, 6.45) is 1.63. The van der Waals surface area contributed by atoms with Gasteiger partial charge in [0.15, 0.2) is 0 Å². The van der Waals surface area contributed by atoms with E-state index in [0.717, 1.165) is 42.9 Å². The minimum absolute atomic E-state index is 0.0176. The number of nitrogens with one attached hydrogen (secondary N) is 1. The van der Waals surface area contributed by atoms with Crippen LogP contribution in [-0.2, 0) is 11.3 Å². The van der Waals surface area contributed by atoms with Crippen molar-refractivity contribution in [3.8, 4) is 17.1 Å². The van der Waals surface area contributed by atoms with Crippen LogP contribution >= 0.6 is 0 Å². The second-order valence-corrected chi connectivity index (χ2v) is 8.52. The van der Waals surface area contributed by atoms with E-state index in [1.54, 1.807) is 7.11 Å². The van der Waals surface area contributed by atoms with E-state index in [1.807, 2.05) is 42.5 Å². The zero-order valence-electron chi connectivity index (χ0n) is 18.9. The molecule has 0 spiro atoms. The highest BCUT2D eigenvalue weighted by Crippen LogP contribution is 2.26. The number of anilines is 1. The van der Waals surface area contributed by atoms with Gasteiger partial charge in [0.25, 0.3) is 0 Å². The molecule has 0 atom stereocenters. The van der Waals surface area contributed by atoms with Crippen LogP contribution in [0.3, 0.4) is 0 Å². The van der Waals surface area contributed by atoms with Crippen LogP contribution in [0.1, 0.15) is 44.1 Å². The van der Waals surface area contributed by atoms with Crippen LogP contribution in [0, 0.1) is 5.92 Å².